The summed E-state index contributed by atoms with van der Waals surface area (Å²) in [6, 6.07) is 4.40. The van der Waals surface area contributed by atoms with E-state index in [4.69, 9.17) is 32.5 Å². The predicted octanol–water partition coefficient (Wildman–Crippen LogP) is 3.60. The maximum absolute atomic E-state index is 12.1. The van der Waals surface area contributed by atoms with Gasteiger partial charge in [0.1, 0.15) is 11.8 Å². The fourth-order valence-corrected chi connectivity index (χ4v) is 2.56. The summed E-state index contributed by atoms with van der Waals surface area (Å²) >= 11 is 12.2. The minimum Gasteiger partial charge on any atom is -0.468 e. The van der Waals surface area contributed by atoms with Gasteiger partial charge in [0.15, 0.2) is 0 Å². The highest BCUT2D eigenvalue weighted by Gasteiger charge is 2.25. The number of esters is 1. The van der Waals surface area contributed by atoms with Gasteiger partial charge in [-0.2, -0.15) is 0 Å². The van der Waals surface area contributed by atoms with Crippen LogP contribution in [0.2, 0.25) is 10.0 Å². The fraction of sp³-hybridized carbons (Fsp3) is 0.333. The maximum Gasteiger partial charge on any atom is 0.327 e. The van der Waals surface area contributed by atoms with E-state index in [0.717, 1.165) is 11.3 Å². The number of hydrogen-bond donors (Lipinski definition) is 1. The first-order valence-electron chi connectivity index (χ1n) is 6.62. The quantitative estimate of drug-likeness (QED) is 0.841. The van der Waals surface area contributed by atoms with Crippen LogP contribution in [0.4, 0.5) is 0 Å². The summed E-state index contributed by atoms with van der Waals surface area (Å²) in [5.41, 5.74) is 2.23. The second-order valence-corrected chi connectivity index (χ2v) is 5.57. The van der Waals surface area contributed by atoms with E-state index in [1.54, 1.807) is 18.2 Å². The van der Waals surface area contributed by atoms with Crippen molar-refractivity contribution in [1.29, 1.82) is 0 Å². The van der Waals surface area contributed by atoms with E-state index in [1.807, 2.05) is 13.8 Å². The summed E-state index contributed by atoms with van der Waals surface area (Å²) in [5.74, 6) is 0.252. The van der Waals surface area contributed by atoms with Crippen LogP contribution in [-0.4, -0.2) is 18.2 Å². The van der Waals surface area contributed by atoms with E-state index in [1.165, 1.54) is 7.11 Å². The van der Waals surface area contributed by atoms with Crippen LogP contribution in [-0.2, 0) is 16.1 Å². The molecule has 0 radical (unpaired) electrons. The number of nitrogens with zero attached hydrogens (tertiary/aromatic N) is 1. The monoisotopic (exact) mass is 342 g/mol. The van der Waals surface area contributed by atoms with Crippen LogP contribution in [0, 0.1) is 13.8 Å². The Bertz CT molecular complexity index is 666. The Morgan fingerprint density at radius 1 is 1.41 bits per heavy atom. The molecule has 2 aromatic rings. The van der Waals surface area contributed by atoms with Gasteiger partial charge in [-0.15, -0.1) is 0 Å². The number of methoxy groups -OCH3 is 1. The molecular formula is C15H16Cl2N2O3. The topological polar surface area (TPSA) is 64.4 Å². The molecule has 0 saturated carbocycles. The third-order valence-electron chi connectivity index (χ3n) is 3.39. The van der Waals surface area contributed by atoms with Gasteiger partial charge in [0.25, 0.3) is 0 Å². The molecule has 1 aromatic heterocycles. The zero-order valence-corrected chi connectivity index (χ0v) is 14.0. The molecule has 0 bridgehead atoms. The molecule has 1 heterocycles. The normalized spacial score (nSPS) is 12.2. The van der Waals surface area contributed by atoms with Crippen molar-refractivity contribution < 1.29 is 14.1 Å². The first-order valence-corrected chi connectivity index (χ1v) is 7.38. The summed E-state index contributed by atoms with van der Waals surface area (Å²) in [6.07, 6.45) is 0. The van der Waals surface area contributed by atoms with Crippen LogP contribution in [0.15, 0.2) is 22.7 Å². The molecule has 22 heavy (non-hydrogen) atoms. The van der Waals surface area contributed by atoms with Crippen molar-refractivity contribution in [3.05, 3.63) is 50.8 Å². The zero-order chi connectivity index (χ0) is 16.3. The van der Waals surface area contributed by atoms with E-state index in [9.17, 15) is 4.79 Å². The summed E-state index contributed by atoms with van der Waals surface area (Å²) in [4.78, 5) is 12.1. The minimum atomic E-state index is -0.732. The van der Waals surface area contributed by atoms with Crippen molar-refractivity contribution in [1.82, 2.24) is 10.5 Å². The summed E-state index contributed by atoms with van der Waals surface area (Å²) in [6.45, 7) is 4.05. The molecular weight excluding hydrogens is 327 g/mol. The molecule has 0 amide bonds. The first kappa shape index (κ1) is 16.8. The lowest BCUT2D eigenvalue weighted by molar-refractivity contribution is -0.143. The smallest absolute Gasteiger partial charge is 0.327 e. The van der Waals surface area contributed by atoms with Crippen LogP contribution in [0.5, 0.6) is 0 Å². The van der Waals surface area contributed by atoms with E-state index in [0.29, 0.717) is 27.9 Å². The van der Waals surface area contributed by atoms with Gasteiger partial charge in [-0.05, 0) is 19.9 Å². The summed E-state index contributed by atoms with van der Waals surface area (Å²) in [5, 5.41) is 7.71. The Labute approximate surface area is 138 Å². The van der Waals surface area contributed by atoms with E-state index >= 15 is 0 Å². The van der Waals surface area contributed by atoms with Crippen molar-refractivity contribution in [2.45, 2.75) is 26.4 Å². The number of hydrogen-bond acceptors (Lipinski definition) is 5. The van der Waals surface area contributed by atoms with Gasteiger partial charge in [0.2, 0.25) is 0 Å². The highest BCUT2D eigenvalue weighted by Crippen LogP contribution is 2.31. The molecule has 2 rings (SSSR count). The number of ether oxygens (including phenoxy) is 1. The molecule has 0 saturated heterocycles. The number of halogens is 2. The van der Waals surface area contributed by atoms with Crippen LogP contribution in [0.1, 0.15) is 28.6 Å². The second-order valence-electron chi connectivity index (χ2n) is 4.78. The highest BCUT2D eigenvalue weighted by atomic mass is 35.5. The largest absolute Gasteiger partial charge is 0.468 e. The van der Waals surface area contributed by atoms with Crippen LogP contribution in [0.25, 0.3) is 0 Å². The number of nitrogens with one attached hydrogen (secondary N) is 1. The molecule has 1 aromatic carbocycles. The Hall–Kier alpha value is -1.56. The van der Waals surface area contributed by atoms with Gasteiger partial charge < -0.3 is 9.26 Å². The van der Waals surface area contributed by atoms with E-state index in [2.05, 4.69) is 10.5 Å². The summed E-state index contributed by atoms with van der Waals surface area (Å²) in [7, 11) is 1.32. The molecule has 1 atom stereocenters. The Balaban J connectivity index is 2.28. The maximum atomic E-state index is 12.1. The SMILES string of the molecule is COC(=O)[C@@H](NCc1c(C)noc1C)c1cccc(Cl)c1Cl. The predicted molar refractivity (Wildman–Crippen MR) is 84.0 cm³/mol. The Morgan fingerprint density at radius 2 is 2.14 bits per heavy atom. The number of carbonyl (C=O) groups is 1. The van der Waals surface area contributed by atoms with Crippen LogP contribution in [0.3, 0.4) is 0 Å². The van der Waals surface area contributed by atoms with Gasteiger partial charge in [-0.1, -0.05) is 40.5 Å². The Kier molecular flexibility index (Phi) is 5.45. The molecule has 0 fully saturated rings. The average Bonchev–Trinajstić information content (AvgIpc) is 2.82. The number of aromatic nitrogens is 1. The van der Waals surface area contributed by atoms with E-state index < -0.39 is 12.0 Å². The zero-order valence-electron chi connectivity index (χ0n) is 12.4. The lowest BCUT2D eigenvalue weighted by Crippen LogP contribution is -2.30. The Morgan fingerprint density at radius 3 is 2.73 bits per heavy atom. The van der Waals surface area contributed by atoms with Crippen LogP contribution >= 0.6 is 23.2 Å². The number of carbonyl (C=O) groups excluding carboxylic acids is 1. The van der Waals surface area contributed by atoms with Crippen molar-refractivity contribution in [2.24, 2.45) is 0 Å². The first-order chi connectivity index (χ1) is 10.5. The van der Waals surface area contributed by atoms with Crippen molar-refractivity contribution in [3.8, 4) is 0 Å². The second kappa shape index (κ2) is 7.13. The van der Waals surface area contributed by atoms with E-state index in [-0.39, 0.29) is 0 Å². The third kappa shape index (κ3) is 3.43. The molecule has 0 aliphatic rings. The van der Waals surface area contributed by atoms with Gasteiger partial charge in [0.05, 0.1) is 22.8 Å². The van der Waals surface area contributed by atoms with Crippen molar-refractivity contribution >= 4 is 29.2 Å². The molecule has 7 heteroatoms. The molecule has 118 valence electrons. The highest BCUT2D eigenvalue weighted by molar-refractivity contribution is 6.42. The average molecular weight is 343 g/mol. The number of aryl methyl sites for hydroxylation is 2. The molecule has 0 unspecified atom stereocenters. The standard InChI is InChI=1S/C15H16Cl2N2O3/c1-8-11(9(2)22-19-8)7-18-14(15(20)21-3)10-5-4-6-12(16)13(10)17/h4-6,14,18H,7H2,1-3H3/t14-/m0/s1. The molecule has 0 aliphatic heterocycles. The minimum absolute atomic E-state index is 0.325. The molecule has 1 N–H and O–H groups in total. The molecule has 0 aliphatic carbocycles. The van der Waals surface area contributed by atoms with Gasteiger partial charge in [-0.25, -0.2) is 4.79 Å². The van der Waals surface area contributed by atoms with Gasteiger partial charge in [0, 0.05) is 17.7 Å². The fourth-order valence-electron chi connectivity index (χ4n) is 2.14. The number of rotatable bonds is 5. The van der Waals surface area contributed by atoms with Gasteiger partial charge >= 0.3 is 5.97 Å². The lowest BCUT2D eigenvalue weighted by atomic mass is 10.1. The van der Waals surface area contributed by atoms with Crippen molar-refractivity contribution in [2.75, 3.05) is 7.11 Å². The molecule has 0 spiro atoms. The van der Waals surface area contributed by atoms with Crippen LogP contribution < -0.4 is 5.32 Å². The summed E-state index contributed by atoms with van der Waals surface area (Å²) < 4.78 is 9.96. The third-order valence-corrected chi connectivity index (χ3v) is 4.23. The molecule has 5 nitrogen and oxygen atoms in total. The van der Waals surface area contributed by atoms with Crippen molar-refractivity contribution in [3.63, 3.8) is 0 Å². The van der Waals surface area contributed by atoms with Gasteiger partial charge in [-0.3, -0.25) is 5.32 Å². The number of benzene rings is 1. The lowest BCUT2D eigenvalue weighted by Gasteiger charge is -2.18.